The second kappa shape index (κ2) is 5.25. The van der Waals surface area contributed by atoms with Gasteiger partial charge in [0.1, 0.15) is 35.5 Å². The number of nitrogens with zero attached hydrogens (tertiary/aromatic N) is 3. The maximum Gasteiger partial charge on any atom is 0.144 e. The molecule has 1 aromatic heterocycles. The van der Waals surface area contributed by atoms with Gasteiger partial charge in [0.25, 0.3) is 0 Å². The van der Waals surface area contributed by atoms with Crippen LogP contribution < -0.4 is 4.74 Å². The number of rotatable bonds is 3. The normalized spacial score (nSPS) is 10.5. The van der Waals surface area contributed by atoms with E-state index < -0.39 is 5.82 Å². The maximum absolute atomic E-state index is 13.5. The number of halogens is 1. The van der Waals surface area contributed by atoms with Crippen molar-refractivity contribution >= 4 is 10.9 Å². The molecule has 0 aliphatic carbocycles. The van der Waals surface area contributed by atoms with E-state index >= 15 is 0 Å². The van der Waals surface area contributed by atoms with Gasteiger partial charge in [-0.05, 0) is 18.2 Å². The average molecular weight is 281 g/mol. The van der Waals surface area contributed by atoms with Gasteiger partial charge in [0.2, 0.25) is 0 Å². The molecular formula is C16H12FN3O. The van der Waals surface area contributed by atoms with Gasteiger partial charge in [-0.15, -0.1) is 0 Å². The van der Waals surface area contributed by atoms with Crippen molar-refractivity contribution < 1.29 is 9.13 Å². The van der Waals surface area contributed by atoms with Crippen molar-refractivity contribution in [3.8, 4) is 11.8 Å². The minimum Gasteiger partial charge on any atom is -0.486 e. The van der Waals surface area contributed by atoms with Gasteiger partial charge >= 0.3 is 0 Å². The largest absolute Gasteiger partial charge is 0.486 e. The molecule has 0 saturated carbocycles. The lowest BCUT2D eigenvalue weighted by Crippen LogP contribution is -2.00. The Morgan fingerprint density at radius 3 is 2.86 bits per heavy atom. The fourth-order valence-corrected chi connectivity index (χ4v) is 2.27. The molecule has 0 bridgehead atoms. The first kappa shape index (κ1) is 13.1. The first-order chi connectivity index (χ1) is 10.2. The molecule has 0 aliphatic rings. The predicted octanol–water partition coefficient (Wildman–Crippen LogP) is 3.16. The number of para-hydroxylation sites is 1. The molecule has 0 aliphatic heterocycles. The topological polar surface area (TPSA) is 50.8 Å². The van der Waals surface area contributed by atoms with E-state index in [1.807, 2.05) is 37.4 Å². The highest BCUT2D eigenvalue weighted by Crippen LogP contribution is 2.23. The Hall–Kier alpha value is -2.87. The molecular weight excluding hydrogens is 269 g/mol. The van der Waals surface area contributed by atoms with Crippen LogP contribution in [-0.4, -0.2) is 9.78 Å². The molecule has 5 heteroatoms. The van der Waals surface area contributed by atoms with Gasteiger partial charge in [-0.3, -0.25) is 4.68 Å². The third-order valence-corrected chi connectivity index (χ3v) is 3.29. The van der Waals surface area contributed by atoms with E-state index in [2.05, 4.69) is 5.10 Å². The molecule has 21 heavy (non-hydrogen) atoms. The summed E-state index contributed by atoms with van der Waals surface area (Å²) in [6, 6.07) is 13.9. The van der Waals surface area contributed by atoms with Gasteiger partial charge in [-0.1, -0.05) is 24.3 Å². The number of ether oxygens (including phenoxy) is 1. The number of fused-ring (bicyclic) bond motifs is 1. The van der Waals surface area contributed by atoms with E-state index in [1.54, 1.807) is 10.7 Å². The lowest BCUT2D eigenvalue weighted by Gasteiger charge is -2.06. The average Bonchev–Trinajstić information content (AvgIpc) is 2.82. The van der Waals surface area contributed by atoms with Crippen molar-refractivity contribution in [2.75, 3.05) is 0 Å². The van der Waals surface area contributed by atoms with Gasteiger partial charge in [-0.25, -0.2) is 4.39 Å². The zero-order valence-electron chi connectivity index (χ0n) is 11.4. The van der Waals surface area contributed by atoms with E-state index in [0.29, 0.717) is 0 Å². The molecule has 104 valence electrons. The zero-order chi connectivity index (χ0) is 14.8. The van der Waals surface area contributed by atoms with Crippen LogP contribution >= 0.6 is 0 Å². The molecule has 2 aromatic carbocycles. The monoisotopic (exact) mass is 281 g/mol. The van der Waals surface area contributed by atoms with Crippen LogP contribution in [-0.2, 0) is 13.7 Å². The summed E-state index contributed by atoms with van der Waals surface area (Å²) in [5.74, 6) is -0.354. The first-order valence-electron chi connectivity index (χ1n) is 6.42. The minimum atomic E-state index is -0.583. The second-order valence-electron chi connectivity index (χ2n) is 4.60. The summed E-state index contributed by atoms with van der Waals surface area (Å²) in [7, 11) is 1.86. The van der Waals surface area contributed by atoms with E-state index in [4.69, 9.17) is 10.00 Å². The molecule has 1 heterocycles. The van der Waals surface area contributed by atoms with Crippen LogP contribution in [0.5, 0.6) is 5.75 Å². The Labute approximate surface area is 121 Å². The molecule has 0 N–H and O–H groups in total. The SMILES string of the molecule is Cn1nc(COc2cccc(F)c2C#N)c2ccccc21. The van der Waals surface area contributed by atoms with Crippen LogP contribution in [0.25, 0.3) is 10.9 Å². The first-order valence-corrected chi connectivity index (χ1v) is 6.42. The standard InChI is InChI=1S/C16H12FN3O/c1-20-15-7-3-2-5-11(15)14(19-20)10-21-16-8-4-6-13(17)12(16)9-18/h2-8H,10H2,1H3. The van der Waals surface area contributed by atoms with Crippen LogP contribution in [0.2, 0.25) is 0 Å². The van der Waals surface area contributed by atoms with Crippen LogP contribution in [0.4, 0.5) is 4.39 Å². The van der Waals surface area contributed by atoms with E-state index in [0.717, 1.165) is 16.6 Å². The zero-order valence-corrected chi connectivity index (χ0v) is 11.4. The summed E-state index contributed by atoms with van der Waals surface area (Å²) < 4.78 is 20.9. The van der Waals surface area contributed by atoms with Gasteiger partial charge in [-0.2, -0.15) is 10.4 Å². The Kier molecular flexibility index (Phi) is 3.28. The molecule has 4 nitrogen and oxygen atoms in total. The Morgan fingerprint density at radius 2 is 2.05 bits per heavy atom. The lowest BCUT2D eigenvalue weighted by molar-refractivity contribution is 0.299. The third kappa shape index (κ3) is 2.32. The quantitative estimate of drug-likeness (QED) is 0.741. The van der Waals surface area contributed by atoms with Gasteiger partial charge in [0, 0.05) is 12.4 Å². The molecule has 0 radical (unpaired) electrons. The van der Waals surface area contributed by atoms with Gasteiger partial charge < -0.3 is 4.74 Å². The Bertz CT molecular complexity index is 848. The summed E-state index contributed by atoms with van der Waals surface area (Å²) >= 11 is 0. The van der Waals surface area contributed by atoms with Crippen molar-refractivity contribution in [1.82, 2.24) is 9.78 Å². The summed E-state index contributed by atoms with van der Waals surface area (Å²) in [6.07, 6.45) is 0. The Balaban J connectivity index is 1.91. The summed E-state index contributed by atoms with van der Waals surface area (Å²) in [5.41, 5.74) is 1.66. The van der Waals surface area contributed by atoms with Crippen molar-refractivity contribution in [2.45, 2.75) is 6.61 Å². The molecule has 0 unspecified atom stereocenters. The number of aromatic nitrogens is 2. The molecule has 0 amide bonds. The molecule has 3 aromatic rings. The maximum atomic E-state index is 13.5. The van der Waals surface area contributed by atoms with Crippen molar-refractivity contribution in [3.63, 3.8) is 0 Å². The third-order valence-electron chi connectivity index (χ3n) is 3.29. The number of hydrogen-bond acceptors (Lipinski definition) is 3. The minimum absolute atomic E-state index is 0.0854. The highest BCUT2D eigenvalue weighted by Gasteiger charge is 2.12. The summed E-state index contributed by atoms with van der Waals surface area (Å²) in [4.78, 5) is 0. The highest BCUT2D eigenvalue weighted by atomic mass is 19.1. The summed E-state index contributed by atoms with van der Waals surface area (Å²) in [6.45, 7) is 0.180. The van der Waals surface area contributed by atoms with Crippen LogP contribution in [0.15, 0.2) is 42.5 Å². The van der Waals surface area contributed by atoms with Gasteiger partial charge in [0.15, 0.2) is 0 Å². The van der Waals surface area contributed by atoms with Crippen LogP contribution in [0.1, 0.15) is 11.3 Å². The molecule has 3 rings (SSSR count). The van der Waals surface area contributed by atoms with E-state index in [9.17, 15) is 4.39 Å². The van der Waals surface area contributed by atoms with Crippen molar-refractivity contribution in [2.24, 2.45) is 7.05 Å². The fourth-order valence-electron chi connectivity index (χ4n) is 2.27. The lowest BCUT2D eigenvalue weighted by atomic mass is 10.2. The molecule has 0 saturated heterocycles. The predicted molar refractivity (Wildman–Crippen MR) is 76.2 cm³/mol. The van der Waals surface area contributed by atoms with Crippen LogP contribution in [0, 0.1) is 17.1 Å². The van der Waals surface area contributed by atoms with Crippen LogP contribution in [0.3, 0.4) is 0 Å². The van der Waals surface area contributed by atoms with E-state index in [1.165, 1.54) is 12.1 Å². The number of aryl methyl sites for hydroxylation is 1. The molecule has 0 atom stereocenters. The summed E-state index contributed by atoms with van der Waals surface area (Å²) in [5, 5.41) is 14.4. The molecule has 0 fully saturated rings. The molecule has 0 spiro atoms. The smallest absolute Gasteiger partial charge is 0.144 e. The van der Waals surface area contributed by atoms with Gasteiger partial charge in [0.05, 0.1) is 5.52 Å². The fraction of sp³-hybridized carbons (Fsp3) is 0.125. The number of hydrogen-bond donors (Lipinski definition) is 0. The number of nitriles is 1. The highest BCUT2D eigenvalue weighted by molar-refractivity contribution is 5.81. The van der Waals surface area contributed by atoms with Crippen molar-refractivity contribution in [3.05, 3.63) is 59.5 Å². The second-order valence-corrected chi connectivity index (χ2v) is 4.60. The number of benzene rings is 2. The van der Waals surface area contributed by atoms with E-state index in [-0.39, 0.29) is 17.9 Å². The Morgan fingerprint density at radius 1 is 1.24 bits per heavy atom. The van der Waals surface area contributed by atoms with Crippen molar-refractivity contribution in [1.29, 1.82) is 5.26 Å².